The van der Waals surface area contributed by atoms with Gasteiger partial charge in [-0.1, -0.05) is 0 Å². The van der Waals surface area contributed by atoms with Crippen molar-refractivity contribution < 1.29 is 0 Å². The summed E-state index contributed by atoms with van der Waals surface area (Å²) < 4.78 is 1.96. The van der Waals surface area contributed by atoms with Crippen molar-refractivity contribution >= 4 is 22.6 Å². The van der Waals surface area contributed by atoms with Crippen LogP contribution in [0.3, 0.4) is 0 Å². The highest BCUT2D eigenvalue weighted by atomic mass is 15.3. The van der Waals surface area contributed by atoms with Crippen molar-refractivity contribution in [1.29, 1.82) is 0 Å². The van der Waals surface area contributed by atoms with E-state index in [2.05, 4.69) is 36.4 Å². The second kappa shape index (κ2) is 4.11. The fourth-order valence-corrected chi connectivity index (χ4v) is 2.57. The fraction of sp³-hybridized carbons (Fsp3) is 0.385. The van der Waals surface area contributed by atoms with E-state index in [-0.39, 0.29) is 0 Å². The molecule has 102 valence electrons. The zero-order chi connectivity index (χ0) is 13.7. The third-order valence-electron chi connectivity index (χ3n) is 3.79. The number of aryl methyl sites for hydroxylation is 1. The smallest absolute Gasteiger partial charge is 0.204 e. The maximum absolute atomic E-state index is 4.67. The first-order valence-corrected chi connectivity index (χ1v) is 6.64. The number of hydrogen-bond acceptors (Lipinski definition) is 6. The van der Waals surface area contributed by atoms with E-state index in [1.54, 1.807) is 6.33 Å². The topological polar surface area (TPSA) is 71.2 Å². The Morgan fingerprint density at radius 1 is 1.35 bits per heavy atom. The van der Waals surface area contributed by atoms with Crippen molar-refractivity contribution in [2.24, 2.45) is 0 Å². The van der Waals surface area contributed by atoms with E-state index in [4.69, 9.17) is 0 Å². The van der Waals surface area contributed by atoms with Crippen LogP contribution in [-0.4, -0.2) is 50.7 Å². The van der Waals surface area contributed by atoms with E-state index >= 15 is 0 Å². The average molecular weight is 269 g/mol. The molecule has 0 unspecified atom stereocenters. The van der Waals surface area contributed by atoms with E-state index in [9.17, 15) is 0 Å². The van der Waals surface area contributed by atoms with E-state index in [1.807, 2.05) is 24.6 Å². The lowest BCUT2D eigenvalue weighted by molar-refractivity contribution is 0.448. The molecule has 1 aliphatic heterocycles. The molecule has 0 radical (unpaired) electrons. The van der Waals surface area contributed by atoms with Crippen molar-refractivity contribution in [2.45, 2.75) is 13.0 Å². The molecule has 0 saturated carbocycles. The Bertz CT molecular complexity index is 788. The Morgan fingerprint density at radius 3 is 3.00 bits per heavy atom. The van der Waals surface area contributed by atoms with Gasteiger partial charge in [0.2, 0.25) is 5.65 Å². The van der Waals surface area contributed by atoms with Gasteiger partial charge in [-0.25, -0.2) is 9.97 Å². The summed E-state index contributed by atoms with van der Waals surface area (Å²) in [4.78, 5) is 11.3. The average Bonchev–Trinajstić information content (AvgIpc) is 2.87. The lowest BCUT2D eigenvalue weighted by atomic mass is 10.1. The Balaban J connectivity index is 1.91. The number of likely N-dealkylation sites (N-methyl/N-ethyl adjacent to an activating group) is 1. The molecule has 0 aliphatic carbocycles. The van der Waals surface area contributed by atoms with Crippen LogP contribution in [0.25, 0.3) is 16.8 Å². The lowest BCUT2D eigenvalue weighted by Crippen LogP contribution is -2.57. The molecule has 1 fully saturated rings. The van der Waals surface area contributed by atoms with Crippen LogP contribution in [0.1, 0.15) is 5.56 Å². The van der Waals surface area contributed by atoms with Gasteiger partial charge < -0.3 is 10.2 Å². The van der Waals surface area contributed by atoms with Crippen molar-refractivity contribution in [3.63, 3.8) is 0 Å². The molecule has 4 heterocycles. The third kappa shape index (κ3) is 1.56. The van der Waals surface area contributed by atoms with Gasteiger partial charge in [0.15, 0.2) is 11.5 Å². The highest BCUT2D eigenvalue weighted by molar-refractivity contribution is 5.80. The first-order valence-electron chi connectivity index (χ1n) is 6.64. The predicted octanol–water partition coefficient (Wildman–Crippen LogP) is 0.389. The van der Waals surface area contributed by atoms with Crippen LogP contribution in [0.4, 0.5) is 5.82 Å². The highest BCUT2D eigenvalue weighted by Gasteiger charge is 2.29. The molecule has 0 aromatic carbocycles. The maximum atomic E-state index is 4.67. The number of nitrogens with zero attached hydrogens (tertiary/aromatic N) is 6. The standard InChI is InChI=1S/C13H15N7/c1-8-3-10-11(15-4-8)17-12(13-18-16-7-20(10)13)19-5-9(6-19)14-2/h3-4,7,9,14H,5-6H2,1-2H3. The Kier molecular flexibility index (Phi) is 2.37. The molecule has 3 aromatic heterocycles. The van der Waals surface area contributed by atoms with Gasteiger partial charge in [0.25, 0.3) is 0 Å². The molecule has 4 rings (SSSR count). The summed E-state index contributed by atoms with van der Waals surface area (Å²) in [5.74, 6) is 0.859. The van der Waals surface area contributed by atoms with Crippen LogP contribution >= 0.6 is 0 Å². The minimum atomic E-state index is 0.515. The zero-order valence-electron chi connectivity index (χ0n) is 11.4. The summed E-state index contributed by atoms with van der Waals surface area (Å²) in [6.45, 7) is 3.89. The van der Waals surface area contributed by atoms with Gasteiger partial charge in [0.1, 0.15) is 6.33 Å². The van der Waals surface area contributed by atoms with Crippen LogP contribution in [-0.2, 0) is 0 Å². The number of rotatable bonds is 2. The molecular formula is C13H15N7. The molecule has 7 heteroatoms. The van der Waals surface area contributed by atoms with Crippen molar-refractivity contribution in [1.82, 2.24) is 29.9 Å². The maximum Gasteiger partial charge on any atom is 0.204 e. The monoisotopic (exact) mass is 269 g/mol. The van der Waals surface area contributed by atoms with Gasteiger partial charge >= 0.3 is 0 Å². The summed E-state index contributed by atoms with van der Waals surface area (Å²) in [5, 5.41) is 11.5. The molecule has 7 nitrogen and oxygen atoms in total. The molecule has 1 N–H and O–H groups in total. The first-order chi connectivity index (χ1) is 9.76. The highest BCUT2D eigenvalue weighted by Crippen LogP contribution is 2.25. The molecule has 3 aromatic rings. The number of aromatic nitrogens is 5. The second-order valence-electron chi connectivity index (χ2n) is 5.21. The predicted molar refractivity (Wildman–Crippen MR) is 75.9 cm³/mol. The first kappa shape index (κ1) is 11.5. The van der Waals surface area contributed by atoms with E-state index in [0.29, 0.717) is 6.04 Å². The summed E-state index contributed by atoms with van der Waals surface area (Å²) in [6, 6.07) is 2.57. The van der Waals surface area contributed by atoms with Gasteiger partial charge in [0.05, 0.1) is 5.52 Å². The summed E-state index contributed by atoms with van der Waals surface area (Å²) in [7, 11) is 1.98. The quantitative estimate of drug-likeness (QED) is 0.725. The van der Waals surface area contributed by atoms with Gasteiger partial charge in [-0.3, -0.25) is 4.40 Å². The largest absolute Gasteiger partial charge is 0.350 e. The number of fused-ring (bicyclic) bond motifs is 3. The Morgan fingerprint density at radius 2 is 2.20 bits per heavy atom. The minimum Gasteiger partial charge on any atom is -0.350 e. The van der Waals surface area contributed by atoms with Crippen molar-refractivity contribution in [3.05, 3.63) is 24.2 Å². The number of nitrogens with one attached hydrogen (secondary N) is 1. The second-order valence-corrected chi connectivity index (χ2v) is 5.21. The van der Waals surface area contributed by atoms with Crippen LogP contribution in [0, 0.1) is 6.92 Å². The van der Waals surface area contributed by atoms with Gasteiger partial charge in [-0.2, -0.15) is 0 Å². The molecule has 0 atom stereocenters. The fourth-order valence-electron chi connectivity index (χ4n) is 2.57. The number of hydrogen-bond donors (Lipinski definition) is 1. The molecule has 1 saturated heterocycles. The zero-order valence-corrected chi connectivity index (χ0v) is 11.4. The van der Waals surface area contributed by atoms with Gasteiger partial charge in [-0.05, 0) is 25.6 Å². The van der Waals surface area contributed by atoms with Crippen LogP contribution in [0.15, 0.2) is 18.6 Å². The van der Waals surface area contributed by atoms with Crippen LogP contribution < -0.4 is 10.2 Å². The normalized spacial score (nSPS) is 16.0. The van der Waals surface area contributed by atoms with E-state index in [1.165, 1.54) is 0 Å². The third-order valence-corrected chi connectivity index (χ3v) is 3.79. The van der Waals surface area contributed by atoms with Crippen molar-refractivity contribution in [3.8, 4) is 0 Å². The van der Waals surface area contributed by atoms with Crippen molar-refractivity contribution in [2.75, 3.05) is 25.0 Å². The Hall–Kier alpha value is -2.28. The van der Waals surface area contributed by atoms with Crippen LogP contribution in [0.5, 0.6) is 0 Å². The van der Waals surface area contributed by atoms with E-state index < -0.39 is 0 Å². The summed E-state index contributed by atoms with van der Waals surface area (Å²) in [5.41, 5.74) is 3.56. The number of pyridine rings is 1. The molecule has 0 spiro atoms. The minimum absolute atomic E-state index is 0.515. The molecule has 20 heavy (non-hydrogen) atoms. The van der Waals surface area contributed by atoms with E-state index in [0.717, 1.165) is 41.3 Å². The Labute approximate surface area is 115 Å². The molecule has 1 aliphatic rings. The van der Waals surface area contributed by atoms with Crippen LogP contribution in [0.2, 0.25) is 0 Å². The molecule has 0 amide bonds. The summed E-state index contributed by atoms with van der Waals surface area (Å²) in [6.07, 6.45) is 3.56. The molecule has 0 bridgehead atoms. The van der Waals surface area contributed by atoms with Gasteiger partial charge in [0, 0.05) is 25.3 Å². The lowest BCUT2D eigenvalue weighted by Gasteiger charge is -2.39. The summed E-state index contributed by atoms with van der Waals surface area (Å²) >= 11 is 0. The molecular weight excluding hydrogens is 254 g/mol. The van der Waals surface area contributed by atoms with Gasteiger partial charge in [-0.15, -0.1) is 10.2 Å². The SMILES string of the molecule is CNC1CN(c2nc3ncc(C)cc3n3cnnc23)C1. The number of anilines is 1.